The molecule has 51 heavy (non-hydrogen) atoms. The summed E-state index contributed by atoms with van der Waals surface area (Å²) >= 11 is 0. The molecule has 0 bridgehead atoms. The van der Waals surface area contributed by atoms with Gasteiger partial charge in [-0.1, -0.05) is 0 Å². The van der Waals surface area contributed by atoms with Gasteiger partial charge in [0.2, 0.25) is 11.6 Å². The first-order chi connectivity index (χ1) is 23.8. The van der Waals surface area contributed by atoms with Crippen LogP contribution in [-0.4, -0.2) is 74.7 Å². The number of fused-ring (bicyclic) bond motifs is 2. The molecular weight excluding hydrogens is 731 g/mol. The lowest BCUT2D eigenvalue weighted by molar-refractivity contribution is -0.155. The summed E-state index contributed by atoms with van der Waals surface area (Å²) in [4.78, 5) is 14.6. The minimum atomic E-state index is -4.78. The van der Waals surface area contributed by atoms with Crippen molar-refractivity contribution in [1.82, 2.24) is 49.1 Å². The molecule has 0 N–H and O–H groups in total. The Morgan fingerprint density at radius 3 is 1.47 bits per heavy atom. The van der Waals surface area contributed by atoms with Crippen LogP contribution >= 0.6 is 0 Å². The first kappa shape index (κ1) is 36.4. The molecule has 6 heterocycles. The number of ether oxygens (including phenoxy) is 2. The van der Waals surface area contributed by atoms with E-state index in [1.54, 1.807) is 0 Å². The van der Waals surface area contributed by atoms with Crippen LogP contribution < -0.4 is 9.47 Å². The summed E-state index contributed by atoms with van der Waals surface area (Å²) in [6.07, 6.45) is -10.9. The average Bonchev–Trinajstić information content (AvgIpc) is 3.67. The van der Waals surface area contributed by atoms with Gasteiger partial charge in [0.15, 0.2) is 36.1 Å². The molecule has 6 aromatic rings. The Bertz CT molecular complexity index is 2160. The summed E-state index contributed by atoms with van der Waals surface area (Å²) < 4.78 is 174. The fourth-order valence-corrected chi connectivity index (χ4v) is 3.90. The highest BCUT2D eigenvalue weighted by atomic mass is 19.4. The standard InChI is InChI=1S/C13H6F7N5O.C13H7F6N5O/c14-7-1-6(2-22-10(7)26-5-12(15,16)17)8-4-25-9(3-21-8)23-24-11(25)13(18,19)20;14-7-1-6(2-21-12(7)25-5-13(17,18)19)8-4-24-9(3-20-8)22-23-11(24)10(15)16/h1-4H,5H2;1-4,10H,5H2. The maximum Gasteiger partial charge on any atom is 0.452 e. The Morgan fingerprint density at radius 1 is 0.588 bits per heavy atom. The molecule has 12 nitrogen and oxygen atoms in total. The molecule has 0 aliphatic rings. The van der Waals surface area contributed by atoms with Gasteiger partial charge in [-0.3, -0.25) is 18.8 Å². The monoisotopic (exact) mass is 744 g/mol. The summed E-state index contributed by atoms with van der Waals surface area (Å²) in [5.41, 5.74) is -0.255. The average molecular weight is 744 g/mol. The summed E-state index contributed by atoms with van der Waals surface area (Å²) in [7, 11) is 0. The van der Waals surface area contributed by atoms with Crippen molar-refractivity contribution >= 4 is 11.3 Å². The van der Waals surface area contributed by atoms with Gasteiger partial charge in [0, 0.05) is 35.9 Å². The Morgan fingerprint density at radius 2 is 1.04 bits per heavy atom. The van der Waals surface area contributed by atoms with Crippen molar-refractivity contribution in [3.05, 3.63) is 72.6 Å². The quantitative estimate of drug-likeness (QED) is 0.167. The minimum absolute atomic E-state index is 0.0444. The molecule has 0 saturated carbocycles. The normalized spacial score (nSPS) is 12.4. The third kappa shape index (κ3) is 8.82. The molecule has 0 radical (unpaired) electrons. The summed E-state index contributed by atoms with van der Waals surface area (Å²) in [5.74, 6) is -6.05. The van der Waals surface area contributed by atoms with Gasteiger partial charge in [-0.15, -0.1) is 20.4 Å². The Kier molecular flexibility index (Phi) is 9.82. The van der Waals surface area contributed by atoms with Gasteiger partial charge in [-0.25, -0.2) is 27.5 Å². The molecule has 0 unspecified atom stereocenters. The second kappa shape index (κ2) is 13.8. The SMILES string of the molecule is Fc1cc(-c2cn3c(C(F)(F)F)nnc3cn2)cnc1OCC(F)(F)F.Fc1cc(-c2cn3c(C(F)F)nnc3cn2)cnc1OCC(F)(F)F. The number of aromatic nitrogens is 10. The van der Waals surface area contributed by atoms with Crippen molar-refractivity contribution in [3.8, 4) is 34.3 Å². The van der Waals surface area contributed by atoms with E-state index in [9.17, 15) is 57.1 Å². The zero-order chi connectivity index (χ0) is 37.3. The van der Waals surface area contributed by atoms with Crippen molar-refractivity contribution in [2.45, 2.75) is 25.0 Å². The molecule has 0 saturated heterocycles. The van der Waals surface area contributed by atoms with Crippen molar-refractivity contribution < 1.29 is 66.5 Å². The number of hydrogen-bond donors (Lipinski definition) is 0. The van der Waals surface area contributed by atoms with E-state index >= 15 is 0 Å². The van der Waals surface area contributed by atoms with Crippen molar-refractivity contribution in [2.75, 3.05) is 13.2 Å². The van der Waals surface area contributed by atoms with E-state index in [1.165, 1.54) is 0 Å². The molecule has 0 spiro atoms. The van der Waals surface area contributed by atoms with Crippen LogP contribution in [0, 0.1) is 11.6 Å². The van der Waals surface area contributed by atoms with Crippen LogP contribution in [0.15, 0.2) is 49.3 Å². The number of nitrogens with zero attached hydrogens (tertiary/aromatic N) is 10. The van der Waals surface area contributed by atoms with Crippen molar-refractivity contribution in [1.29, 1.82) is 0 Å². The van der Waals surface area contributed by atoms with Gasteiger partial charge in [-0.2, -0.15) is 39.5 Å². The number of hydrogen-bond acceptors (Lipinski definition) is 10. The Hall–Kier alpha value is -5.91. The smallest absolute Gasteiger partial charge is 0.452 e. The van der Waals surface area contributed by atoms with Crippen LogP contribution in [-0.2, 0) is 6.18 Å². The van der Waals surface area contributed by atoms with Gasteiger partial charge >= 0.3 is 18.5 Å². The van der Waals surface area contributed by atoms with Crippen LogP contribution in [0.2, 0.25) is 0 Å². The summed E-state index contributed by atoms with van der Waals surface area (Å²) in [6.45, 7) is -3.44. The zero-order valence-corrected chi connectivity index (χ0v) is 24.3. The first-order valence-corrected chi connectivity index (χ1v) is 13.3. The first-order valence-electron chi connectivity index (χ1n) is 13.3. The molecular formula is C26H13F13N10O2. The third-order valence-electron chi connectivity index (χ3n) is 6.01. The molecule has 0 atom stereocenters. The lowest BCUT2D eigenvalue weighted by Crippen LogP contribution is -2.20. The van der Waals surface area contributed by atoms with Crippen LogP contribution in [0.25, 0.3) is 33.8 Å². The Labute approximate surface area is 272 Å². The van der Waals surface area contributed by atoms with Gasteiger partial charge in [0.25, 0.3) is 18.2 Å². The Balaban J connectivity index is 0.000000198. The molecule has 0 aliphatic heterocycles. The lowest BCUT2D eigenvalue weighted by Gasteiger charge is -2.10. The van der Waals surface area contributed by atoms with E-state index in [0.717, 1.165) is 53.7 Å². The molecule has 0 fully saturated rings. The largest absolute Gasteiger partial charge is 0.466 e. The van der Waals surface area contributed by atoms with Gasteiger partial charge in [0.1, 0.15) is 0 Å². The van der Waals surface area contributed by atoms with Gasteiger partial charge in [0.05, 0.1) is 23.8 Å². The van der Waals surface area contributed by atoms with Crippen LogP contribution in [0.3, 0.4) is 0 Å². The second-order valence-electron chi connectivity index (χ2n) is 9.71. The number of halogens is 13. The number of pyridine rings is 2. The molecule has 270 valence electrons. The zero-order valence-electron chi connectivity index (χ0n) is 24.3. The molecule has 0 aromatic carbocycles. The van der Waals surface area contributed by atoms with E-state index in [2.05, 4.69) is 49.8 Å². The van der Waals surface area contributed by atoms with Gasteiger partial charge < -0.3 is 9.47 Å². The number of alkyl halides is 11. The van der Waals surface area contributed by atoms with E-state index in [4.69, 9.17) is 0 Å². The second-order valence-corrected chi connectivity index (χ2v) is 9.71. The highest BCUT2D eigenvalue weighted by Crippen LogP contribution is 2.30. The van der Waals surface area contributed by atoms with E-state index < -0.39 is 73.2 Å². The van der Waals surface area contributed by atoms with Gasteiger partial charge in [-0.05, 0) is 12.1 Å². The van der Waals surface area contributed by atoms with Crippen LogP contribution in [0.1, 0.15) is 18.1 Å². The van der Waals surface area contributed by atoms with Crippen molar-refractivity contribution in [2.24, 2.45) is 0 Å². The fraction of sp³-hybridized carbons (Fsp3) is 0.231. The lowest BCUT2D eigenvalue weighted by atomic mass is 10.2. The minimum Gasteiger partial charge on any atom is -0.466 e. The molecule has 25 heteroatoms. The molecule has 6 rings (SSSR count). The predicted octanol–water partition coefficient (Wildman–Crippen LogP) is 6.49. The molecule has 0 amide bonds. The molecule has 6 aromatic heterocycles. The highest BCUT2D eigenvalue weighted by Gasteiger charge is 2.37. The molecule has 0 aliphatic carbocycles. The maximum absolute atomic E-state index is 13.8. The van der Waals surface area contributed by atoms with Crippen LogP contribution in [0.4, 0.5) is 57.1 Å². The predicted molar refractivity (Wildman–Crippen MR) is 141 cm³/mol. The van der Waals surface area contributed by atoms with E-state index in [-0.39, 0.29) is 33.8 Å². The highest BCUT2D eigenvalue weighted by molar-refractivity contribution is 5.60. The fourth-order valence-electron chi connectivity index (χ4n) is 3.90. The van der Waals surface area contributed by atoms with Crippen LogP contribution in [0.5, 0.6) is 11.8 Å². The summed E-state index contributed by atoms with van der Waals surface area (Å²) in [5, 5.41) is 13.1. The summed E-state index contributed by atoms with van der Waals surface area (Å²) in [6, 6.07) is 1.57. The maximum atomic E-state index is 13.8. The van der Waals surface area contributed by atoms with E-state index in [0.29, 0.717) is 4.40 Å². The van der Waals surface area contributed by atoms with Crippen molar-refractivity contribution in [3.63, 3.8) is 0 Å². The topological polar surface area (TPSA) is 130 Å². The third-order valence-corrected chi connectivity index (χ3v) is 6.01. The van der Waals surface area contributed by atoms with E-state index in [1.807, 2.05) is 0 Å². The number of rotatable bonds is 7.